The number of nitrogens with zero attached hydrogens (tertiary/aromatic N) is 1. The first-order valence-electron chi connectivity index (χ1n) is 7.23. The molecule has 8 heteroatoms. The van der Waals surface area contributed by atoms with Crippen molar-refractivity contribution in [2.45, 2.75) is 20.0 Å². The van der Waals surface area contributed by atoms with Crippen molar-refractivity contribution in [1.29, 1.82) is 0 Å². The molecule has 0 unspecified atom stereocenters. The van der Waals surface area contributed by atoms with Gasteiger partial charge in [0.1, 0.15) is 12.2 Å². The van der Waals surface area contributed by atoms with Crippen molar-refractivity contribution in [3.63, 3.8) is 0 Å². The van der Waals surface area contributed by atoms with E-state index in [4.69, 9.17) is 14.6 Å². The van der Waals surface area contributed by atoms with Gasteiger partial charge in [-0.15, -0.1) is 0 Å². The molecule has 1 aliphatic heterocycles. The average molecular weight is 334 g/mol. The summed E-state index contributed by atoms with van der Waals surface area (Å²) in [5, 5.41) is 11.1. The average Bonchev–Trinajstić information content (AvgIpc) is 2.75. The Morgan fingerprint density at radius 1 is 1.38 bits per heavy atom. The number of rotatable bonds is 6. The molecule has 8 nitrogen and oxygen atoms in total. The number of carbonyl (C=O) groups excluding carboxylic acids is 2. The van der Waals surface area contributed by atoms with Gasteiger partial charge in [0.25, 0.3) is 5.91 Å². The van der Waals surface area contributed by atoms with Gasteiger partial charge in [0.2, 0.25) is 0 Å². The molecular weight excluding hydrogens is 316 g/mol. The zero-order valence-electron chi connectivity index (χ0n) is 13.5. The number of imide groups is 1. The van der Waals surface area contributed by atoms with Crippen LogP contribution in [0.2, 0.25) is 0 Å². The van der Waals surface area contributed by atoms with Crippen molar-refractivity contribution in [3.8, 4) is 11.5 Å². The quantitative estimate of drug-likeness (QED) is 0.603. The molecule has 128 valence electrons. The molecule has 0 atom stereocenters. The van der Waals surface area contributed by atoms with Gasteiger partial charge in [0.15, 0.2) is 11.5 Å². The van der Waals surface area contributed by atoms with Gasteiger partial charge in [-0.25, -0.2) is 9.69 Å². The number of benzene rings is 1. The number of ether oxygens (including phenoxy) is 2. The summed E-state index contributed by atoms with van der Waals surface area (Å²) >= 11 is 0. The number of carbonyl (C=O) groups is 3. The smallest absolute Gasteiger partial charge is 0.329 e. The van der Waals surface area contributed by atoms with E-state index in [-0.39, 0.29) is 11.8 Å². The first kappa shape index (κ1) is 17.3. The summed E-state index contributed by atoms with van der Waals surface area (Å²) in [6.45, 7) is 3.00. The minimum absolute atomic E-state index is 0.0249. The minimum atomic E-state index is -1.27. The van der Waals surface area contributed by atoms with Gasteiger partial charge in [-0.3, -0.25) is 9.59 Å². The van der Waals surface area contributed by atoms with Gasteiger partial charge in [-0.2, -0.15) is 0 Å². The Hall–Kier alpha value is -3.03. The molecule has 24 heavy (non-hydrogen) atoms. The van der Waals surface area contributed by atoms with Crippen LogP contribution in [0.15, 0.2) is 23.9 Å². The fraction of sp³-hybridized carbons (Fsp3) is 0.312. The molecular formula is C16H18N2O6. The van der Waals surface area contributed by atoms with E-state index in [0.29, 0.717) is 22.0 Å². The second-order valence-corrected chi connectivity index (χ2v) is 5.32. The van der Waals surface area contributed by atoms with Crippen molar-refractivity contribution in [2.24, 2.45) is 0 Å². The third kappa shape index (κ3) is 3.65. The van der Waals surface area contributed by atoms with E-state index in [1.807, 2.05) is 13.8 Å². The summed E-state index contributed by atoms with van der Waals surface area (Å²) < 4.78 is 11.0. The molecule has 0 spiro atoms. The number of urea groups is 1. The van der Waals surface area contributed by atoms with Crippen LogP contribution in [0.1, 0.15) is 19.4 Å². The molecule has 0 bridgehead atoms. The summed E-state index contributed by atoms with van der Waals surface area (Å²) in [5.74, 6) is -1.07. The normalized spacial score (nSPS) is 15.8. The fourth-order valence-electron chi connectivity index (χ4n) is 2.17. The predicted molar refractivity (Wildman–Crippen MR) is 84.6 cm³/mol. The molecule has 1 aromatic carbocycles. The van der Waals surface area contributed by atoms with Gasteiger partial charge < -0.3 is 19.9 Å². The predicted octanol–water partition coefficient (Wildman–Crippen LogP) is 1.46. The Morgan fingerprint density at radius 2 is 2.08 bits per heavy atom. The largest absolute Gasteiger partial charge is 0.493 e. The highest BCUT2D eigenvalue weighted by Gasteiger charge is 2.35. The molecule has 1 heterocycles. The number of para-hydroxylation sites is 1. The minimum Gasteiger partial charge on any atom is -0.493 e. The molecule has 1 aromatic rings. The summed E-state index contributed by atoms with van der Waals surface area (Å²) in [6.07, 6.45) is 1.30. The second-order valence-electron chi connectivity index (χ2n) is 5.32. The highest BCUT2D eigenvalue weighted by atomic mass is 16.5. The highest BCUT2D eigenvalue weighted by molar-refractivity contribution is 6.15. The standard InChI is InChI=1S/C16H18N2O6/c1-9(2)24-14-10(5-4-6-12(14)23-3)7-11-15(21)18(8-13(19)20)16(22)17-11/h4-7,9H,8H2,1-3H3,(H,17,22)(H,19,20)/b11-7+. The van der Waals surface area contributed by atoms with Crippen LogP contribution in [0.5, 0.6) is 11.5 Å². The summed E-state index contributed by atoms with van der Waals surface area (Å²) in [6, 6.07) is 4.36. The van der Waals surface area contributed by atoms with E-state index < -0.39 is 24.5 Å². The van der Waals surface area contributed by atoms with Gasteiger partial charge >= 0.3 is 12.0 Å². The molecule has 2 N–H and O–H groups in total. The van der Waals surface area contributed by atoms with E-state index in [0.717, 1.165) is 0 Å². The number of methoxy groups -OCH3 is 1. The number of carboxylic acid groups (broad SMARTS) is 1. The van der Waals surface area contributed by atoms with Crippen molar-refractivity contribution < 1.29 is 29.0 Å². The SMILES string of the molecule is COc1cccc(/C=C2/NC(=O)N(CC(=O)O)C2=O)c1OC(C)C. The van der Waals surface area contributed by atoms with Crippen molar-refractivity contribution >= 4 is 24.0 Å². The Morgan fingerprint density at radius 3 is 2.67 bits per heavy atom. The summed E-state index contributed by atoms with van der Waals surface area (Å²) in [5.41, 5.74) is 0.506. The first-order chi connectivity index (χ1) is 11.3. The number of hydrogen-bond donors (Lipinski definition) is 2. The Labute approximate surface area is 138 Å². The van der Waals surface area contributed by atoms with Crippen LogP contribution in [0, 0.1) is 0 Å². The molecule has 0 saturated carbocycles. The van der Waals surface area contributed by atoms with Crippen LogP contribution < -0.4 is 14.8 Å². The lowest BCUT2D eigenvalue weighted by molar-refractivity contribution is -0.140. The zero-order valence-corrected chi connectivity index (χ0v) is 13.5. The third-order valence-corrected chi connectivity index (χ3v) is 3.14. The maximum absolute atomic E-state index is 12.2. The number of hydrogen-bond acceptors (Lipinski definition) is 5. The fourth-order valence-corrected chi connectivity index (χ4v) is 2.17. The van der Waals surface area contributed by atoms with Gasteiger partial charge in [0.05, 0.1) is 13.2 Å². The lowest BCUT2D eigenvalue weighted by Crippen LogP contribution is -2.35. The number of amides is 3. The first-order valence-corrected chi connectivity index (χ1v) is 7.23. The van der Waals surface area contributed by atoms with E-state index >= 15 is 0 Å². The molecule has 2 rings (SSSR count). The van der Waals surface area contributed by atoms with Crippen LogP contribution >= 0.6 is 0 Å². The molecule has 0 aliphatic carbocycles. The number of aliphatic carboxylic acids is 1. The third-order valence-electron chi connectivity index (χ3n) is 3.14. The van der Waals surface area contributed by atoms with Crippen molar-refractivity contribution in [3.05, 3.63) is 29.5 Å². The van der Waals surface area contributed by atoms with Crippen LogP contribution in [0.25, 0.3) is 6.08 Å². The molecule has 3 amide bonds. The summed E-state index contributed by atoms with van der Waals surface area (Å²) in [7, 11) is 1.50. The van der Waals surface area contributed by atoms with Crippen LogP contribution in [-0.2, 0) is 9.59 Å². The summed E-state index contributed by atoms with van der Waals surface area (Å²) in [4.78, 5) is 35.3. The Bertz CT molecular complexity index is 711. The lowest BCUT2D eigenvalue weighted by atomic mass is 10.1. The van der Waals surface area contributed by atoms with Gasteiger partial charge in [-0.05, 0) is 26.0 Å². The molecule has 0 aromatic heterocycles. The van der Waals surface area contributed by atoms with E-state index in [9.17, 15) is 14.4 Å². The second kappa shape index (κ2) is 7.03. The monoisotopic (exact) mass is 334 g/mol. The molecule has 1 aliphatic rings. The van der Waals surface area contributed by atoms with Gasteiger partial charge in [0, 0.05) is 5.56 Å². The van der Waals surface area contributed by atoms with E-state index in [1.54, 1.807) is 18.2 Å². The maximum Gasteiger partial charge on any atom is 0.329 e. The Kier molecular flexibility index (Phi) is 5.08. The molecule has 1 saturated heterocycles. The molecule has 1 fully saturated rings. The Balaban J connectivity index is 2.39. The van der Waals surface area contributed by atoms with Crippen LogP contribution in [0.4, 0.5) is 4.79 Å². The number of carboxylic acids is 1. The van der Waals surface area contributed by atoms with Crippen molar-refractivity contribution in [1.82, 2.24) is 10.2 Å². The van der Waals surface area contributed by atoms with Crippen molar-refractivity contribution in [2.75, 3.05) is 13.7 Å². The van der Waals surface area contributed by atoms with Gasteiger partial charge in [-0.1, -0.05) is 12.1 Å². The topological polar surface area (TPSA) is 105 Å². The highest BCUT2D eigenvalue weighted by Crippen LogP contribution is 2.33. The van der Waals surface area contributed by atoms with E-state index in [1.165, 1.54) is 13.2 Å². The molecule has 0 radical (unpaired) electrons. The maximum atomic E-state index is 12.2. The van der Waals surface area contributed by atoms with Crippen LogP contribution in [-0.4, -0.2) is 47.7 Å². The van der Waals surface area contributed by atoms with Crippen LogP contribution in [0.3, 0.4) is 0 Å². The lowest BCUT2D eigenvalue weighted by Gasteiger charge is -2.16. The number of nitrogens with one attached hydrogen (secondary N) is 1. The zero-order chi connectivity index (χ0) is 17.9. The van der Waals surface area contributed by atoms with E-state index in [2.05, 4.69) is 5.32 Å².